The van der Waals surface area contributed by atoms with Crippen molar-refractivity contribution in [1.29, 1.82) is 0 Å². The molecule has 1 saturated carbocycles. The molecule has 25 heavy (non-hydrogen) atoms. The number of nitrogens with zero attached hydrogens (tertiary/aromatic N) is 6. The van der Waals surface area contributed by atoms with Crippen LogP contribution in [-0.2, 0) is 0 Å². The van der Waals surface area contributed by atoms with Crippen molar-refractivity contribution < 1.29 is 9.42 Å². The highest BCUT2D eigenvalue weighted by atomic mass is 16.6. The van der Waals surface area contributed by atoms with E-state index in [4.69, 9.17) is 10.4 Å². The lowest BCUT2D eigenvalue weighted by molar-refractivity contribution is 0.0724. The van der Waals surface area contributed by atoms with Gasteiger partial charge in [0.15, 0.2) is 5.69 Å². The van der Waals surface area contributed by atoms with Crippen LogP contribution in [0.15, 0.2) is 10.8 Å². The first kappa shape index (κ1) is 16.2. The molecule has 134 valence electrons. The molecule has 2 aromatic rings. The van der Waals surface area contributed by atoms with Crippen LogP contribution in [0, 0.1) is 6.92 Å². The van der Waals surface area contributed by atoms with Gasteiger partial charge in [-0.2, -0.15) is 0 Å². The van der Waals surface area contributed by atoms with Gasteiger partial charge in [-0.25, -0.2) is 9.31 Å². The van der Waals surface area contributed by atoms with Gasteiger partial charge in [-0.3, -0.25) is 4.79 Å². The van der Waals surface area contributed by atoms with Crippen molar-refractivity contribution in [2.24, 2.45) is 5.73 Å². The lowest BCUT2D eigenvalue weighted by Gasteiger charge is -2.25. The maximum Gasteiger partial charge on any atom is 0.276 e. The zero-order chi connectivity index (χ0) is 17.4. The van der Waals surface area contributed by atoms with Crippen LogP contribution in [0.5, 0.6) is 0 Å². The van der Waals surface area contributed by atoms with Crippen molar-refractivity contribution in [2.75, 3.05) is 6.54 Å². The van der Waals surface area contributed by atoms with E-state index in [1.165, 1.54) is 0 Å². The summed E-state index contributed by atoms with van der Waals surface area (Å²) in [6, 6.07) is 0.465. The third-order valence-corrected chi connectivity index (χ3v) is 5.36. The van der Waals surface area contributed by atoms with Gasteiger partial charge in [-0.1, -0.05) is 15.5 Å². The SMILES string of the molecule is Cc1nonc1[C@H]1CCCN1C(=O)c1cn(C2CCC(N)CC2)nn1. The predicted octanol–water partition coefficient (Wildman–Crippen LogP) is 1.39. The quantitative estimate of drug-likeness (QED) is 0.893. The fourth-order valence-electron chi connectivity index (χ4n) is 3.90. The van der Waals surface area contributed by atoms with E-state index in [0.29, 0.717) is 12.2 Å². The molecule has 1 aliphatic carbocycles. The molecule has 1 saturated heterocycles. The van der Waals surface area contributed by atoms with E-state index in [1.54, 1.807) is 11.1 Å². The molecule has 9 nitrogen and oxygen atoms in total. The molecule has 1 atom stereocenters. The van der Waals surface area contributed by atoms with Crippen LogP contribution in [-0.4, -0.2) is 48.7 Å². The van der Waals surface area contributed by atoms with Gasteiger partial charge in [0, 0.05) is 12.6 Å². The number of nitrogens with two attached hydrogens (primary N) is 1. The average molecular weight is 345 g/mol. The Hall–Kier alpha value is -2.29. The Labute approximate surface area is 145 Å². The third-order valence-electron chi connectivity index (χ3n) is 5.36. The van der Waals surface area contributed by atoms with Crippen molar-refractivity contribution in [2.45, 2.75) is 63.6 Å². The molecule has 2 N–H and O–H groups in total. The molecular formula is C16H23N7O2. The van der Waals surface area contributed by atoms with Gasteiger partial charge >= 0.3 is 0 Å². The molecular weight excluding hydrogens is 322 g/mol. The Morgan fingerprint density at radius 3 is 2.76 bits per heavy atom. The van der Waals surface area contributed by atoms with Crippen LogP contribution in [0.3, 0.4) is 0 Å². The van der Waals surface area contributed by atoms with Gasteiger partial charge in [-0.05, 0) is 45.4 Å². The number of rotatable bonds is 3. The van der Waals surface area contributed by atoms with Crippen LogP contribution in [0.1, 0.15) is 72.5 Å². The van der Waals surface area contributed by atoms with Crippen LogP contribution in [0.4, 0.5) is 0 Å². The van der Waals surface area contributed by atoms with E-state index in [-0.39, 0.29) is 24.0 Å². The lowest BCUT2D eigenvalue weighted by atomic mass is 9.92. The Balaban J connectivity index is 1.50. The molecule has 0 bridgehead atoms. The summed E-state index contributed by atoms with van der Waals surface area (Å²) in [4.78, 5) is 14.7. The third kappa shape index (κ3) is 3.04. The monoisotopic (exact) mass is 345 g/mol. The number of aromatic nitrogens is 5. The molecule has 2 aromatic heterocycles. The summed E-state index contributed by atoms with van der Waals surface area (Å²) in [5.74, 6) is -0.108. The summed E-state index contributed by atoms with van der Waals surface area (Å²) in [5, 5.41) is 16.1. The summed E-state index contributed by atoms with van der Waals surface area (Å²) in [7, 11) is 0. The summed E-state index contributed by atoms with van der Waals surface area (Å²) < 4.78 is 6.63. The smallest absolute Gasteiger partial charge is 0.276 e. The molecule has 0 spiro atoms. The van der Waals surface area contributed by atoms with Gasteiger partial charge in [0.25, 0.3) is 5.91 Å². The lowest BCUT2D eigenvalue weighted by Crippen LogP contribution is -2.31. The summed E-state index contributed by atoms with van der Waals surface area (Å²) in [6.45, 7) is 2.53. The minimum atomic E-state index is -0.108. The number of hydrogen-bond donors (Lipinski definition) is 1. The fraction of sp³-hybridized carbons (Fsp3) is 0.688. The second kappa shape index (κ2) is 6.55. The van der Waals surface area contributed by atoms with Crippen LogP contribution < -0.4 is 5.73 Å². The molecule has 4 rings (SSSR count). The fourth-order valence-corrected chi connectivity index (χ4v) is 3.90. The van der Waals surface area contributed by atoms with Crippen LogP contribution >= 0.6 is 0 Å². The van der Waals surface area contributed by atoms with Gasteiger partial charge < -0.3 is 10.6 Å². The summed E-state index contributed by atoms with van der Waals surface area (Å²) in [6.07, 6.45) is 7.49. The first-order chi connectivity index (χ1) is 12.1. The van der Waals surface area contributed by atoms with Crippen LogP contribution in [0.2, 0.25) is 0 Å². The molecule has 0 unspecified atom stereocenters. The summed E-state index contributed by atoms with van der Waals surface area (Å²) in [5.41, 5.74) is 7.81. The number of carbonyl (C=O) groups excluding carboxylic acids is 1. The predicted molar refractivity (Wildman–Crippen MR) is 87.5 cm³/mol. The van der Waals surface area contributed by atoms with E-state index in [0.717, 1.165) is 49.9 Å². The largest absolute Gasteiger partial charge is 0.328 e. The minimum Gasteiger partial charge on any atom is -0.328 e. The first-order valence-electron chi connectivity index (χ1n) is 8.91. The van der Waals surface area contributed by atoms with Gasteiger partial charge in [-0.15, -0.1) is 5.10 Å². The molecule has 2 aliphatic rings. The number of aryl methyl sites for hydroxylation is 1. The van der Waals surface area contributed by atoms with E-state index in [9.17, 15) is 4.79 Å². The van der Waals surface area contributed by atoms with Crippen molar-refractivity contribution >= 4 is 5.91 Å². The van der Waals surface area contributed by atoms with E-state index >= 15 is 0 Å². The van der Waals surface area contributed by atoms with Crippen LogP contribution in [0.25, 0.3) is 0 Å². The first-order valence-corrected chi connectivity index (χ1v) is 8.91. The van der Waals surface area contributed by atoms with Gasteiger partial charge in [0.1, 0.15) is 11.4 Å². The Kier molecular flexibility index (Phi) is 4.24. The maximum absolute atomic E-state index is 12.9. The normalized spacial score (nSPS) is 27.0. The maximum atomic E-state index is 12.9. The van der Waals surface area contributed by atoms with E-state index in [1.807, 2.05) is 11.6 Å². The highest BCUT2D eigenvalue weighted by molar-refractivity contribution is 5.92. The summed E-state index contributed by atoms with van der Waals surface area (Å²) >= 11 is 0. The molecule has 9 heteroatoms. The molecule has 2 fully saturated rings. The average Bonchev–Trinajstić information content (AvgIpc) is 3.35. The Bertz CT molecular complexity index is 747. The minimum absolute atomic E-state index is 0.100. The zero-order valence-corrected chi connectivity index (χ0v) is 14.3. The van der Waals surface area contributed by atoms with Crippen molar-refractivity contribution in [3.8, 4) is 0 Å². The molecule has 1 aliphatic heterocycles. The second-order valence-electron chi connectivity index (χ2n) is 7.04. The van der Waals surface area contributed by atoms with Crippen molar-refractivity contribution in [1.82, 2.24) is 30.2 Å². The highest BCUT2D eigenvalue weighted by Crippen LogP contribution is 2.33. The molecule has 0 aromatic carbocycles. The second-order valence-corrected chi connectivity index (χ2v) is 7.04. The van der Waals surface area contributed by atoms with Crippen molar-refractivity contribution in [3.63, 3.8) is 0 Å². The number of hydrogen-bond acceptors (Lipinski definition) is 7. The highest BCUT2D eigenvalue weighted by Gasteiger charge is 2.35. The molecule has 1 amide bonds. The van der Waals surface area contributed by atoms with E-state index in [2.05, 4.69) is 20.6 Å². The number of amides is 1. The topological polar surface area (TPSA) is 116 Å². The van der Waals surface area contributed by atoms with Gasteiger partial charge in [0.05, 0.1) is 18.3 Å². The van der Waals surface area contributed by atoms with Crippen molar-refractivity contribution in [3.05, 3.63) is 23.3 Å². The molecule has 0 radical (unpaired) electrons. The molecule has 3 heterocycles. The Morgan fingerprint density at radius 2 is 2.04 bits per heavy atom. The number of likely N-dealkylation sites (tertiary alicyclic amines) is 1. The number of carbonyl (C=O) groups is 1. The van der Waals surface area contributed by atoms with E-state index < -0.39 is 0 Å². The standard InChI is InChI=1S/C16H23N7O2/c1-10-15(20-25-19-10)14-3-2-8-22(14)16(24)13-9-23(21-18-13)12-6-4-11(17)5-7-12/h9,11-12,14H,2-8,17H2,1H3/t11?,12?,14-/m1/s1. The Morgan fingerprint density at radius 1 is 1.24 bits per heavy atom. The zero-order valence-electron chi connectivity index (χ0n) is 14.3. The van der Waals surface area contributed by atoms with Gasteiger partial charge in [0.2, 0.25) is 0 Å².